The van der Waals surface area contributed by atoms with Gasteiger partial charge in [-0.25, -0.2) is 4.98 Å². The Balaban J connectivity index is 1.50. The fourth-order valence-corrected chi connectivity index (χ4v) is 4.04. The van der Waals surface area contributed by atoms with Crippen molar-refractivity contribution in [1.82, 2.24) is 10.3 Å². The highest BCUT2D eigenvalue weighted by atomic mass is 19.4. The lowest BCUT2D eigenvalue weighted by Gasteiger charge is -2.36. The predicted octanol–water partition coefficient (Wildman–Crippen LogP) is 3.77. The predicted molar refractivity (Wildman–Crippen MR) is 95.3 cm³/mol. The minimum Gasteiger partial charge on any atom is -0.444 e. The standard InChI is InChI=1S/C20H23F3N2O3/c21-20(22,23)16-5-2-1-4-15(16)18-25-14(11-27-18)10-24-17(13-6-7-13)19(12-26)8-3-9-28-19/h1-2,4-5,11,13,17,24,26H,3,6-10,12H2. The van der Waals surface area contributed by atoms with Crippen molar-refractivity contribution >= 4 is 0 Å². The first-order valence-corrected chi connectivity index (χ1v) is 9.52. The molecular weight excluding hydrogens is 373 g/mol. The molecule has 2 fully saturated rings. The van der Waals surface area contributed by atoms with Gasteiger partial charge in [-0.1, -0.05) is 12.1 Å². The summed E-state index contributed by atoms with van der Waals surface area (Å²) >= 11 is 0. The van der Waals surface area contributed by atoms with Crippen molar-refractivity contribution < 1.29 is 27.4 Å². The quantitative estimate of drug-likeness (QED) is 0.746. The first-order chi connectivity index (χ1) is 13.4. The van der Waals surface area contributed by atoms with E-state index in [0.717, 1.165) is 31.7 Å². The smallest absolute Gasteiger partial charge is 0.417 e. The topological polar surface area (TPSA) is 67.5 Å². The van der Waals surface area contributed by atoms with Crippen LogP contribution in [-0.4, -0.2) is 34.9 Å². The molecule has 152 valence electrons. The van der Waals surface area contributed by atoms with E-state index in [1.54, 1.807) is 0 Å². The van der Waals surface area contributed by atoms with E-state index >= 15 is 0 Å². The Hall–Kier alpha value is -1.90. The SMILES string of the molecule is OCC1(C(NCc2coc(-c3ccccc3C(F)(F)F)n2)C2CC2)CCCO1. The third-order valence-corrected chi connectivity index (χ3v) is 5.58. The molecule has 2 aliphatic rings. The first kappa shape index (κ1) is 19.4. The third kappa shape index (κ3) is 3.81. The van der Waals surface area contributed by atoms with Crippen LogP contribution in [0, 0.1) is 5.92 Å². The average Bonchev–Trinajstić information content (AvgIpc) is 3.20. The molecular formula is C20H23F3N2O3. The van der Waals surface area contributed by atoms with E-state index < -0.39 is 17.3 Å². The number of hydrogen-bond acceptors (Lipinski definition) is 5. The lowest BCUT2D eigenvalue weighted by atomic mass is 9.88. The van der Waals surface area contributed by atoms with Crippen LogP contribution in [0.5, 0.6) is 0 Å². The van der Waals surface area contributed by atoms with E-state index in [0.29, 0.717) is 24.8 Å². The van der Waals surface area contributed by atoms with E-state index in [9.17, 15) is 18.3 Å². The summed E-state index contributed by atoms with van der Waals surface area (Å²) in [4.78, 5) is 4.25. The van der Waals surface area contributed by atoms with Crippen LogP contribution in [0.25, 0.3) is 11.5 Å². The van der Waals surface area contributed by atoms with Gasteiger partial charge in [-0.2, -0.15) is 13.2 Å². The molecule has 2 aromatic rings. The molecule has 0 bridgehead atoms. The highest BCUT2D eigenvalue weighted by Crippen LogP contribution is 2.42. The van der Waals surface area contributed by atoms with Crippen molar-refractivity contribution in [2.75, 3.05) is 13.2 Å². The zero-order chi connectivity index (χ0) is 19.8. The maximum atomic E-state index is 13.2. The van der Waals surface area contributed by atoms with Crippen LogP contribution in [0.3, 0.4) is 0 Å². The molecule has 8 heteroatoms. The molecule has 0 radical (unpaired) electrons. The van der Waals surface area contributed by atoms with Crippen molar-refractivity contribution in [3.8, 4) is 11.5 Å². The Morgan fingerprint density at radius 2 is 2.07 bits per heavy atom. The number of oxazole rings is 1. The Morgan fingerprint density at radius 1 is 1.29 bits per heavy atom. The summed E-state index contributed by atoms with van der Waals surface area (Å²) in [5.41, 5.74) is -0.920. The monoisotopic (exact) mass is 396 g/mol. The summed E-state index contributed by atoms with van der Waals surface area (Å²) in [5.74, 6) is 0.379. The molecule has 5 nitrogen and oxygen atoms in total. The highest BCUT2D eigenvalue weighted by Gasteiger charge is 2.49. The Kier molecular flexibility index (Phi) is 5.20. The van der Waals surface area contributed by atoms with Gasteiger partial charge in [0.25, 0.3) is 0 Å². The molecule has 1 aliphatic heterocycles. The Bertz CT molecular complexity index is 811. The number of aromatic nitrogens is 1. The average molecular weight is 396 g/mol. The van der Waals surface area contributed by atoms with Gasteiger partial charge in [0.05, 0.1) is 17.9 Å². The molecule has 0 amide bonds. The molecule has 0 spiro atoms. The number of nitrogens with zero attached hydrogens (tertiary/aromatic N) is 1. The van der Waals surface area contributed by atoms with E-state index in [2.05, 4.69) is 10.3 Å². The van der Waals surface area contributed by atoms with Crippen molar-refractivity contribution in [2.45, 2.75) is 50.0 Å². The molecule has 2 atom stereocenters. The van der Waals surface area contributed by atoms with Crippen LogP contribution in [0.15, 0.2) is 34.9 Å². The van der Waals surface area contributed by atoms with Crippen LogP contribution < -0.4 is 5.32 Å². The number of aliphatic hydroxyl groups is 1. The maximum absolute atomic E-state index is 13.2. The summed E-state index contributed by atoms with van der Waals surface area (Å²) < 4.78 is 50.9. The summed E-state index contributed by atoms with van der Waals surface area (Å²) in [6, 6.07) is 5.23. The number of rotatable bonds is 7. The lowest BCUT2D eigenvalue weighted by molar-refractivity contribution is -0.137. The minimum absolute atomic E-state index is 0.0115. The number of halogens is 3. The fraction of sp³-hybridized carbons (Fsp3) is 0.550. The largest absolute Gasteiger partial charge is 0.444 e. The van der Waals surface area contributed by atoms with Gasteiger partial charge in [0.1, 0.15) is 11.9 Å². The lowest BCUT2D eigenvalue weighted by Crippen LogP contribution is -2.54. The Morgan fingerprint density at radius 3 is 2.71 bits per heavy atom. The van der Waals surface area contributed by atoms with Crippen molar-refractivity contribution in [1.29, 1.82) is 0 Å². The molecule has 2 heterocycles. The molecule has 1 saturated carbocycles. The van der Waals surface area contributed by atoms with E-state index in [4.69, 9.17) is 9.15 Å². The van der Waals surface area contributed by atoms with Gasteiger partial charge in [-0.15, -0.1) is 0 Å². The van der Waals surface area contributed by atoms with E-state index in [-0.39, 0.29) is 24.1 Å². The fourth-order valence-electron chi connectivity index (χ4n) is 4.04. The molecule has 2 N–H and O–H groups in total. The van der Waals surface area contributed by atoms with Crippen LogP contribution >= 0.6 is 0 Å². The summed E-state index contributed by atoms with van der Waals surface area (Å²) in [5, 5.41) is 13.3. The molecule has 28 heavy (non-hydrogen) atoms. The zero-order valence-electron chi connectivity index (χ0n) is 15.3. The second kappa shape index (κ2) is 7.50. The van der Waals surface area contributed by atoms with Gasteiger partial charge in [-0.3, -0.25) is 0 Å². The number of nitrogens with one attached hydrogen (secondary N) is 1. The molecule has 1 aromatic carbocycles. The summed E-state index contributed by atoms with van der Waals surface area (Å²) in [6.45, 7) is 0.919. The van der Waals surface area contributed by atoms with Gasteiger partial charge in [0.15, 0.2) is 0 Å². The molecule has 2 unspecified atom stereocenters. The minimum atomic E-state index is -4.48. The van der Waals surface area contributed by atoms with Gasteiger partial charge in [0.2, 0.25) is 5.89 Å². The zero-order valence-corrected chi connectivity index (χ0v) is 15.3. The number of benzene rings is 1. The van der Waals surface area contributed by atoms with Gasteiger partial charge in [0, 0.05) is 24.8 Å². The highest BCUT2D eigenvalue weighted by molar-refractivity contribution is 5.59. The van der Waals surface area contributed by atoms with Gasteiger partial charge < -0.3 is 19.6 Å². The molecule has 1 aliphatic carbocycles. The molecule has 1 saturated heterocycles. The number of aliphatic hydroxyl groups excluding tert-OH is 1. The second-order valence-electron chi connectivity index (χ2n) is 7.56. The van der Waals surface area contributed by atoms with Crippen LogP contribution in [0.4, 0.5) is 13.2 Å². The van der Waals surface area contributed by atoms with Gasteiger partial charge in [-0.05, 0) is 43.7 Å². The normalized spacial score (nSPS) is 23.9. The first-order valence-electron chi connectivity index (χ1n) is 9.52. The molecule has 1 aromatic heterocycles. The summed E-state index contributed by atoms with van der Waals surface area (Å²) in [6.07, 6.45) is 0.751. The van der Waals surface area contributed by atoms with E-state index in [1.807, 2.05) is 0 Å². The maximum Gasteiger partial charge on any atom is 0.417 e. The Labute approximate surface area is 160 Å². The van der Waals surface area contributed by atoms with Crippen LogP contribution in [-0.2, 0) is 17.5 Å². The van der Waals surface area contributed by atoms with E-state index in [1.165, 1.54) is 24.5 Å². The van der Waals surface area contributed by atoms with Crippen LogP contribution in [0.2, 0.25) is 0 Å². The van der Waals surface area contributed by atoms with Crippen molar-refractivity contribution in [3.05, 3.63) is 41.8 Å². The molecule has 4 rings (SSSR count). The number of alkyl halides is 3. The van der Waals surface area contributed by atoms with Crippen LogP contribution in [0.1, 0.15) is 36.9 Å². The third-order valence-electron chi connectivity index (χ3n) is 5.58. The summed E-state index contributed by atoms with van der Waals surface area (Å²) in [7, 11) is 0. The van der Waals surface area contributed by atoms with Crippen molar-refractivity contribution in [3.63, 3.8) is 0 Å². The second-order valence-corrected chi connectivity index (χ2v) is 7.56. The van der Waals surface area contributed by atoms with Gasteiger partial charge >= 0.3 is 6.18 Å². The number of ether oxygens (including phenoxy) is 1. The number of hydrogen-bond donors (Lipinski definition) is 2. The van der Waals surface area contributed by atoms with Crippen molar-refractivity contribution in [2.24, 2.45) is 5.92 Å².